The van der Waals surface area contributed by atoms with Gasteiger partial charge in [0.15, 0.2) is 5.16 Å². The summed E-state index contributed by atoms with van der Waals surface area (Å²) < 4.78 is 19.8. The average Bonchev–Trinajstić information content (AvgIpc) is 2.87. The molecule has 178 valence electrons. The van der Waals surface area contributed by atoms with Gasteiger partial charge in [-0.1, -0.05) is 30.0 Å². The summed E-state index contributed by atoms with van der Waals surface area (Å²) in [4.78, 5) is 37.1. The van der Waals surface area contributed by atoms with Crippen LogP contribution in [0.15, 0.2) is 77.3 Å². The van der Waals surface area contributed by atoms with E-state index in [0.29, 0.717) is 28.5 Å². The topological polar surface area (TPSA) is 107 Å². The zero-order chi connectivity index (χ0) is 24.8. The van der Waals surface area contributed by atoms with Crippen LogP contribution in [0.3, 0.4) is 0 Å². The minimum Gasteiger partial charge on any atom is -0.507 e. The van der Waals surface area contributed by atoms with E-state index in [4.69, 9.17) is 4.74 Å². The summed E-state index contributed by atoms with van der Waals surface area (Å²) in [5.41, 5.74) is 2.47. The van der Waals surface area contributed by atoms with Gasteiger partial charge in [0.2, 0.25) is 0 Å². The Hall–Kier alpha value is -4.05. The minimum absolute atomic E-state index is 0.0428. The van der Waals surface area contributed by atoms with Crippen molar-refractivity contribution in [2.75, 3.05) is 7.11 Å². The Labute approximate surface area is 204 Å². The third kappa shape index (κ3) is 6.10. The number of esters is 1. The fourth-order valence-electron chi connectivity index (χ4n) is 3.39. The molecule has 0 saturated carbocycles. The molecule has 0 unspecified atom stereocenters. The number of aromatic nitrogens is 4. The Morgan fingerprint density at radius 3 is 2.51 bits per heavy atom. The lowest BCUT2D eigenvalue weighted by molar-refractivity contribution is 0.0597. The van der Waals surface area contributed by atoms with Crippen LogP contribution in [0.2, 0.25) is 0 Å². The van der Waals surface area contributed by atoms with Gasteiger partial charge in [0.05, 0.1) is 7.11 Å². The SMILES string of the molecule is COC(=O)c1cc(Cn2cc(Cc3cncnc3)c(=O)nc2SCc2ccc(F)cc2)ccc1O. The summed E-state index contributed by atoms with van der Waals surface area (Å²) in [6.07, 6.45) is 6.71. The largest absolute Gasteiger partial charge is 0.507 e. The van der Waals surface area contributed by atoms with Crippen LogP contribution in [0.4, 0.5) is 4.39 Å². The number of hydrogen-bond donors (Lipinski definition) is 1. The highest BCUT2D eigenvalue weighted by Gasteiger charge is 2.15. The second-order valence-corrected chi connectivity index (χ2v) is 8.61. The van der Waals surface area contributed by atoms with Gasteiger partial charge in [0.1, 0.15) is 23.5 Å². The summed E-state index contributed by atoms with van der Waals surface area (Å²) >= 11 is 1.34. The summed E-state index contributed by atoms with van der Waals surface area (Å²) in [5, 5.41) is 10.5. The van der Waals surface area contributed by atoms with Crippen LogP contribution in [0.5, 0.6) is 5.75 Å². The average molecular weight is 493 g/mol. The standard InChI is InChI=1S/C25H21FN4O4S/c1-34-24(33)21-9-17(4-7-22(21)31)12-30-13-19(8-18-10-27-15-28-11-18)23(32)29-25(30)35-14-16-2-5-20(26)6-3-16/h2-7,9-11,13,15,31H,8,12,14H2,1H3. The van der Waals surface area contributed by atoms with Gasteiger partial charge in [-0.3, -0.25) is 4.79 Å². The zero-order valence-corrected chi connectivity index (χ0v) is 19.5. The molecule has 0 bridgehead atoms. The number of ether oxygens (including phenoxy) is 1. The third-order valence-electron chi connectivity index (χ3n) is 5.14. The van der Waals surface area contributed by atoms with E-state index in [9.17, 15) is 19.1 Å². The van der Waals surface area contributed by atoms with Gasteiger partial charge < -0.3 is 14.4 Å². The molecule has 4 rings (SSSR count). The number of methoxy groups -OCH3 is 1. The lowest BCUT2D eigenvalue weighted by atomic mass is 10.1. The second-order valence-electron chi connectivity index (χ2n) is 7.66. The second kappa shape index (κ2) is 10.9. The summed E-state index contributed by atoms with van der Waals surface area (Å²) in [6, 6.07) is 10.8. The van der Waals surface area contributed by atoms with Crippen LogP contribution in [0.1, 0.15) is 32.6 Å². The molecule has 0 aliphatic heterocycles. The number of halogens is 1. The number of hydrogen-bond acceptors (Lipinski definition) is 8. The minimum atomic E-state index is -0.655. The van der Waals surface area contributed by atoms with E-state index in [1.807, 2.05) is 4.57 Å². The Morgan fingerprint density at radius 2 is 1.80 bits per heavy atom. The first kappa shape index (κ1) is 24.1. The Bertz CT molecular complexity index is 1400. The summed E-state index contributed by atoms with van der Waals surface area (Å²) in [7, 11) is 1.24. The number of phenolic OH excluding ortho intramolecular Hbond substituents is 1. The molecule has 0 spiro atoms. The molecule has 0 aliphatic carbocycles. The van der Waals surface area contributed by atoms with E-state index in [1.54, 1.807) is 42.9 Å². The molecule has 0 aliphatic rings. The molecule has 0 atom stereocenters. The van der Waals surface area contributed by atoms with Crippen molar-refractivity contribution in [1.82, 2.24) is 19.5 Å². The number of rotatable bonds is 8. The fraction of sp³-hybridized carbons (Fsp3) is 0.160. The molecular weight excluding hydrogens is 471 g/mol. The van der Waals surface area contributed by atoms with Gasteiger partial charge in [0, 0.05) is 42.9 Å². The molecule has 0 saturated heterocycles. The molecule has 8 nitrogen and oxygen atoms in total. The molecular formula is C25H21FN4O4S. The van der Waals surface area contributed by atoms with Crippen molar-refractivity contribution in [1.29, 1.82) is 0 Å². The first-order chi connectivity index (χ1) is 16.9. The van der Waals surface area contributed by atoms with Gasteiger partial charge in [-0.05, 0) is 41.0 Å². The number of carbonyl (C=O) groups is 1. The molecule has 0 fully saturated rings. The maximum absolute atomic E-state index is 13.3. The van der Waals surface area contributed by atoms with Crippen molar-refractivity contribution in [3.8, 4) is 5.75 Å². The number of phenols is 1. The molecule has 0 radical (unpaired) electrons. The van der Waals surface area contributed by atoms with E-state index in [2.05, 4.69) is 15.0 Å². The number of carbonyl (C=O) groups excluding carboxylic acids is 1. The van der Waals surface area contributed by atoms with Crippen molar-refractivity contribution >= 4 is 17.7 Å². The molecule has 2 heterocycles. The van der Waals surface area contributed by atoms with E-state index >= 15 is 0 Å². The van der Waals surface area contributed by atoms with Crippen molar-refractivity contribution in [2.24, 2.45) is 0 Å². The first-order valence-corrected chi connectivity index (χ1v) is 11.5. The van der Waals surface area contributed by atoms with Crippen LogP contribution >= 0.6 is 11.8 Å². The Morgan fingerprint density at radius 1 is 1.09 bits per heavy atom. The molecule has 4 aromatic rings. The molecule has 35 heavy (non-hydrogen) atoms. The van der Waals surface area contributed by atoms with Crippen LogP contribution in [0, 0.1) is 5.82 Å². The van der Waals surface area contributed by atoms with E-state index < -0.39 is 5.97 Å². The third-order valence-corrected chi connectivity index (χ3v) is 6.20. The van der Waals surface area contributed by atoms with Crippen molar-refractivity contribution < 1.29 is 19.0 Å². The number of aromatic hydroxyl groups is 1. The Balaban J connectivity index is 1.68. The van der Waals surface area contributed by atoms with Gasteiger partial charge >= 0.3 is 5.97 Å². The highest BCUT2D eigenvalue weighted by molar-refractivity contribution is 7.98. The first-order valence-electron chi connectivity index (χ1n) is 10.5. The van der Waals surface area contributed by atoms with E-state index in [-0.39, 0.29) is 29.2 Å². The van der Waals surface area contributed by atoms with Crippen molar-refractivity contribution in [3.63, 3.8) is 0 Å². The van der Waals surface area contributed by atoms with Gasteiger partial charge in [-0.15, -0.1) is 0 Å². The maximum atomic E-state index is 13.3. The smallest absolute Gasteiger partial charge is 0.341 e. The van der Waals surface area contributed by atoms with E-state index in [0.717, 1.165) is 11.1 Å². The normalized spacial score (nSPS) is 10.8. The predicted molar refractivity (Wildman–Crippen MR) is 128 cm³/mol. The lowest BCUT2D eigenvalue weighted by Gasteiger charge is -2.15. The fourth-order valence-corrected chi connectivity index (χ4v) is 4.31. The highest BCUT2D eigenvalue weighted by atomic mass is 32.2. The quantitative estimate of drug-likeness (QED) is 0.226. The molecule has 2 aromatic heterocycles. The van der Waals surface area contributed by atoms with Crippen LogP contribution in [0.25, 0.3) is 0 Å². The van der Waals surface area contributed by atoms with Gasteiger partial charge in [-0.2, -0.15) is 4.98 Å². The molecule has 2 aromatic carbocycles. The van der Waals surface area contributed by atoms with Crippen LogP contribution in [-0.4, -0.2) is 37.7 Å². The van der Waals surface area contributed by atoms with Crippen LogP contribution in [-0.2, 0) is 23.5 Å². The Kier molecular flexibility index (Phi) is 7.51. The number of thioether (sulfide) groups is 1. The highest BCUT2D eigenvalue weighted by Crippen LogP contribution is 2.24. The van der Waals surface area contributed by atoms with Crippen molar-refractivity contribution in [3.05, 3.63) is 111 Å². The molecule has 0 amide bonds. The zero-order valence-electron chi connectivity index (χ0n) is 18.7. The predicted octanol–water partition coefficient (Wildman–Crippen LogP) is 3.60. The van der Waals surface area contributed by atoms with Gasteiger partial charge in [0.25, 0.3) is 5.56 Å². The number of nitrogens with zero attached hydrogens (tertiary/aromatic N) is 4. The van der Waals surface area contributed by atoms with Gasteiger partial charge in [-0.25, -0.2) is 19.2 Å². The van der Waals surface area contributed by atoms with E-state index in [1.165, 1.54) is 43.4 Å². The van der Waals surface area contributed by atoms with Crippen LogP contribution < -0.4 is 5.56 Å². The monoisotopic (exact) mass is 492 g/mol. The summed E-state index contributed by atoms with van der Waals surface area (Å²) in [6.45, 7) is 0.279. The van der Waals surface area contributed by atoms with Crippen molar-refractivity contribution in [2.45, 2.75) is 23.9 Å². The molecule has 10 heteroatoms. The summed E-state index contributed by atoms with van der Waals surface area (Å²) in [5.74, 6) is -0.689. The number of benzene rings is 2. The molecule has 1 N–H and O–H groups in total. The lowest BCUT2D eigenvalue weighted by Crippen LogP contribution is -2.20. The maximum Gasteiger partial charge on any atom is 0.341 e.